The number of hydrogen-bond donors (Lipinski definition) is 0. The van der Waals surface area contributed by atoms with Gasteiger partial charge in [-0.1, -0.05) is 53.7 Å². The highest BCUT2D eigenvalue weighted by atomic mass is 16.5. The second kappa shape index (κ2) is 10.0. The number of rotatable bonds is 8. The fraction of sp³-hybridized carbons (Fsp3) is 0.385. The fourth-order valence-electron chi connectivity index (χ4n) is 4.18. The second-order valence-corrected chi connectivity index (χ2v) is 8.72. The third-order valence-corrected chi connectivity index (χ3v) is 6.04. The first-order chi connectivity index (χ1) is 15.5. The molecule has 3 aromatic rings. The molecule has 0 aliphatic carbocycles. The Bertz CT molecular complexity index is 1040. The molecule has 2 aromatic carbocycles. The number of nitrogens with zero attached hydrogens (tertiary/aromatic N) is 4. The van der Waals surface area contributed by atoms with Crippen LogP contribution in [0.25, 0.3) is 11.3 Å². The number of aryl methyl sites for hydroxylation is 1. The van der Waals surface area contributed by atoms with Crippen LogP contribution in [0.5, 0.6) is 0 Å². The monoisotopic (exact) mass is 432 g/mol. The molecule has 168 valence electrons. The molecule has 6 heteroatoms. The topological polar surface area (TPSA) is 52.8 Å². The van der Waals surface area contributed by atoms with E-state index in [9.17, 15) is 4.79 Å². The molecule has 0 N–H and O–H groups in total. The van der Waals surface area contributed by atoms with Crippen molar-refractivity contribution in [2.24, 2.45) is 0 Å². The van der Waals surface area contributed by atoms with Crippen molar-refractivity contribution in [2.45, 2.75) is 26.3 Å². The summed E-state index contributed by atoms with van der Waals surface area (Å²) in [5, 5.41) is 4.46. The summed E-state index contributed by atoms with van der Waals surface area (Å²) >= 11 is 0. The van der Waals surface area contributed by atoms with Crippen LogP contribution < -0.4 is 4.90 Å². The van der Waals surface area contributed by atoms with E-state index in [1.807, 2.05) is 80.5 Å². The normalized spacial score (nSPS) is 13.7. The highest BCUT2D eigenvalue weighted by Gasteiger charge is 2.28. The van der Waals surface area contributed by atoms with Crippen LogP contribution in [-0.4, -0.2) is 61.1 Å². The molecule has 1 amide bonds. The van der Waals surface area contributed by atoms with E-state index >= 15 is 0 Å². The number of hydrogen-bond acceptors (Lipinski definition) is 5. The lowest BCUT2D eigenvalue weighted by molar-refractivity contribution is 0.0731. The van der Waals surface area contributed by atoms with Crippen molar-refractivity contribution in [3.8, 4) is 11.3 Å². The van der Waals surface area contributed by atoms with E-state index in [4.69, 9.17) is 4.52 Å². The molecule has 0 bridgehead atoms. The Morgan fingerprint density at radius 3 is 2.38 bits per heavy atom. The Hall–Kier alpha value is -3.12. The van der Waals surface area contributed by atoms with Crippen LogP contribution in [0.1, 0.15) is 34.3 Å². The molecule has 1 aromatic heterocycles. The Morgan fingerprint density at radius 1 is 1.00 bits per heavy atom. The lowest BCUT2D eigenvalue weighted by atomic mass is 10.0. The van der Waals surface area contributed by atoms with E-state index in [1.54, 1.807) is 0 Å². The first kappa shape index (κ1) is 22.1. The van der Waals surface area contributed by atoms with Crippen LogP contribution >= 0.6 is 0 Å². The van der Waals surface area contributed by atoms with Crippen LogP contribution in [0.3, 0.4) is 0 Å². The van der Waals surface area contributed by atoms with Gasteiger partial charge >= 0.3 is 0 Å². The molecular formula is C26H32N4O2. The molecule has 6 nitrogen and oxygen atoms in total. The lowest BCUT2D eigenvalue weighted by Gasteiger charge is -2.26. The van der Waals surface area contributed by atoms with Crippen molar-refractivity contribution < 1.29 is 9.32 Å². The van der Waals surface area contributed by atoms with Gasteiger partial charge in [0.15, 0.2) is 0 Å². The van der Waals surface area contributed by atoms with Crippen molar-refractivity contribution in [3.63, 3.8) is 0 Å². The largest absolute Gasteiger partial charge is 0.340 e. The maximum absolute atomic E-state index is 13.6. The van der Waals surface area contributed by atoms with Crippen LogP contribution in [0.4, 0.5) is 5.88 Å². The number of carbonyl (C=O) groups excluding carboxylic acids is 1. The summed E-state index contributed by atoms with van der Waals surface area (Å²) in [6, 6.07) is 17.9. The Labute approximate surface area is 190 Å². The minimum atomic E-state index is 0.0394. The molecule has 0 saturated carbocycles. The summed E-state index contributed by atoms with van der Waals surface area (Å²) in [6.45, 7) is 5.77. The van der Waals surface area contributed by atoms with Gasteiger partial charge in [-0.2, -0.15) is 0 Å². The molecule has 0 unspecified atom stereocenters. The molecule has 32 heavy (non-hydrogen) atoms. The Balaban J connectivity index is 1.72. The van der Waals surface area contributed by atoms with Gasteiger partial charge in [-0.05, 0) is 45.5 Å². The summed E-state index contributed by atoms with van der Waals surface area (Å²) in [5.41, 5.74) is 4.54. The predicted octanol–water partition coefficient (Wildman–Crippen LogP) is 4.45. The third kappa shape index (κ3) is 4.86. The first-order valence-electron chi connectivity index (χ1n) is 11.3. The van der Waals surface area contributed by atoms with Gasteiger partial charge in [-0.15, -0.1) is 0 Å². The summed E-state index contributed by atoms with van der Waals surface area (Å²) in [7, 11) is 4.06. The van der Waals surface area contributed by atoms with Crippen molar-refractivity contribution in [1.82, 2.24) is 15.0 Å². The molecular weight excluding hydrogens is 400 g/mol. The van der Waals surface area contributed by atoms with Crippen molar-refractivity contribution in [3.05, 3.63) is 71.3 Å². The second-order valence-electron chi connectivity index (χ2n) is 8.72. The minimum absolute atomic E-state index is 0.0394. The van der Waals surface area contributed by atoms with E-state index < -0.39 is 0 Å². The van der Waals surface area contributed by atoms with Gasteiger partial charge < -0.3 is 19.2 Å². The smallest absolute Gasteiger partial charge is 0.254 e. The van der Waals surface area contributed by atoms with E-state index in [2.05, 4.69) is 15.0 Å². The van der Waals surface area contributed by atoms with Gasteiger partial charge in [-0.3, -0.25) is 4.79 Å². The van der Waals surface area contributed by atoms with Gasteiger partial charge in [0.1, 0.15) is 5.69 Å². The molecule has 1 saturated heterocycles. The number of benzene rings is 2. The molecule has 1 aliphatic heterocycles. The summed E-state index contributed by atoms with van der Waals surface area (Å²) in [4.78, 5) is 19.9. The number of anilines is 1. The molecule has 0 atom stereocenters. The SMILES string of the molecule is Cc1ccccc1C(=O)N(CCN(C)C)Cc1c(-c2ccccc2)noc1N1CCCC1. The zero-order valence-electron chi connectivity index (χ0n) is 19.3. The predicted molar refractivity (Wildman–Crippen MR) is 128 cm³/mol. The zero-order valence-corrected chi connectivity index (χ0v) is 19.3. The molecule has 2 heterocycles. The highest BCUT2D eigenvalue weighted by Crippen LogP contribution is 2.34. The van der Waals surface area contributed by atoms with Crippen LogP contribution in [0.15, 0.2) is 59.1 Å². The van der Waals surface area contributed by atoms with Crippen molar-refractivity contribution >= 4 is 11.8 Å². The number of carbonyl (C=O) groups is 1. The summed E-state index contributed by atoms with van der Waals surface area (Å²) in [5.74, 6) is 0.839. The standard InChI is InChI=1S/C26H32N4O2/c1-20-11-7-8-14-22(20)25(31)30(18-17-28(2)3)19-23-24(21-12-5-4-6-13-21)27-32-26(23)29-15-9-10-16-29/h4-8,11-14H,9-10,15-19H2,1-3H3. The maximum atomic E-state index is 13.6. The van der Waals surface area contributed by atoms with Crippen LogP contribution in [0.2, 0.25) is 0 Å². The zero-order chi connectivity index (χ0) is 22.5. The summed E-state index contributed by atoms with van der Waals surface area (Å²) < 4.78 is 5.90. The van der Waals surface area contributed by atoms with Gasteiger partial charge in [0.2, 0.25) is 5.88 Å². The first-order valence-corrected chi connectivity index (χ1v) is 11.3. The quantitative estimate of drug-likeness (QED) is 0.526. The fourth-order valence-corrected chi connectivity index (χ4v) is 4.18. The average molecular weight is 433 g/mol. The lowest BCUT2D eigenvalue weighted by Crippen LogP contribution is -2.37. The highest BCUT2D eigenvalue weighted by molar-refractivity contribution is 5.95. The van der Waals surface area contributed by atoms with Crippen LogP contribution in [-0.2, 0) is 6.54 Å². The van der Waals surface area contributed by atoms with E-state index in [0.29, 0.717) is 13.1 Å². The number of likely N-dealkylation sites (N-methyl/N-ethyl adjacent to an activating group) is 1. The van der Waals surface area contributed by atoms with Gasteiger partial charge in [0.25, 0.3) is 5.91 Å². The summed E-state index contributed by atoms with van der Waals surface area (Å²) in [6.07, 6.45) is 2.29. The van der Waals surface area contributed by atoms with E-state index in [0.717, 1.165) is 66.3 Å². The average Bonchev–Trinajstić information content (AvgIpc) is 3.47. The Morgan fingerprint density at radius 2 is 1.69 bits per heavy atom. The van der Waals surface area contributed by atoms with Gasteiger partial charge in [0, 0.05) is 37.3 Å². The maximum Gasteiger partial charge on any atom is 0.254 e. The molecule has 0 radical (unpaired) electrons. The Kier molecular flexibility index (Phi) is 6.90. The minimum Gasteiger partial charge on any atom is -0.340 e. The molecule has 4 rings (SSSR count). The van der Waals surface area contributed by atoms with Crippen LogP contribution in [0, 0.1) is 6.92 Å². The number of amides is 1. The van der Waals surface area contributed by atoms with Gasteiger partial charge in [-0.25, -0.2) is 0 Å². The third-order valence-electron chi connectivity index (χ3n) is 6.04. The number of aromatic nitrogens is 1. The van der Waals surface area contributed by atoms with Gasteiger partial charge in [0.05, 0.1) is 12.1 Å². The molecule has 0 spiro atoms. The van der Waals surface area contributed by atoms with E-state index in [1.165, 1.54) is 0 Å². The molecule has 1 fully saturated rings. The van der Waals surface area contributed by atoms with Crippen molar-refractivity contribution in [2.75, 3.05) is 45.2 Å². The molecule has 1 aliphatic rings. The van der Waals surface area contributed by atoms with Crippen molar-refractivity contribution in [1.29, 1.82) is 0 Å². The van der Waals surface area contributed by atoms with E-state index in [-0.39, 0.29) is 5.91 Å².